The second-order valence-corrected chi connectivity index (χ2v) is 15.6. The van der Waals surface area contributed by atoms with E-state index in [9.17, 15) is 10.5 Å². The second kappa shape index (κ2) is 20.9. The van der Waals surface area contributed by atoms with Crippen molar-refractivity contribution >= 4 is 11.8 Å². The van der Waals surface area contributed by atoms with E-state index in [1.807, 2.05) is 60.7 Å². The predicted octanol–water partition coefficient (Wildman–Crippen LogP) is 12.7. The van der Waals surface area contributed by atoms with Crippen LogP contribution < -0.4 is 4.90 Å². The summed E-state index contributed by atoms with van der Waals surface area (Å²) in [5.41, 5.74) is 7.06. The van der Waals surface area contributed by atoms with E-state index in [1.165, 1.54) is 0 Å². The van der Waals surface area contributed by atoms with Gasteiger partial charge in [-0.15, -0.1) is 0 Å². The van der Waals surface area contributed by atoms with Crippen molar-refractivity contribution in [3.8, 4) is 12.1 Å². The minimum Gasteiger partial charge on any atom is -0.462 e. The quantitative estimate of drug-likeness (QED) is 0.0671. The second-order valence-electron chi connectivity index (χ2n) is 15.6. The molecule has 0 saturated heterocycles. The van der Waals surface area contributed by atoms with Crippen LogP contribution in [0.25, 0.3) is 6.08 Å². The predicted molar refractivity (Wildman–Crippen MR) is 259 cm³/mol. The molecule has 0 bridgehead atoms. The summed E-state index contributed by atoms with van der Waals surface area (Å²) in [6.45, 7) is 3.70. The minimum absolute atomic E-state index is 0.0399. The molecule has 0 radical (unpaired) electrons. The molecule has 0 spiro atoms. The lowest BCUT2D eigenvalue weighted by atomic mass is 9.80. The highest BCUT2D eigenvalue weighted by Crippen LogP contribution is 2.42. The van der Waals surface area contributed by atoms with E-state index in [0.717, 1.165) is 44.6 Å². The minimum atomic E-state index is -0.872. The first-order valence-electron chi connectivity index (χ1n) is 21.8. The highest BCUT2D eigenvalue weighted by molar-refractivity contribution is 5.60. The Hall–Kier alpha value is -8.00. The van der Waals surface area contributed by atoms with E-state index in [2.05, 4.69) is 175 Å². The Balaban J connectivity index is 1.13. The van der Waals surface area contributed by atoms with E-state index in [-0.39, 0.29) is 5.57 Å². The monoisotopic (exact) mass is 847 g/mol. The van der Waals surface area contributed by atoms with E-state index in [4.69, 9.17) is 14.2 Å². The molecule has 0 amide bonds. The summed E-state index contributed by atoms with van der Waals surface area (Å²) >= 11 is 0. The molecule has 65 heavy (non-hydrogen) atoms. The molecule has 0 aromatic heterocycles. The number of hydrogen-bond donors (Lipinski definition) is 0. The van der Waals surface area contributed by atoms with Gasteiger partial charge < -0.3 is 19.1 Å². The summed E-state index contributed by atoms with van der Waals surface area (Å²) in [4.78, 5) is 2.33. The van der Waals surface area contributed by atoms with Crippen LogP contribution in [0.4, 0.5) is 5.69 Å². The Kier molecular flexibility index (Phi) is 14.0. The Morgan fingerprint density at radius 1 is 0.492 bits per heavy atom. The molecule has 7 aromatic carbocycles. The number of benzene rings is 7. The van der Waals surface area contributed by atoms with Crippen LogP contribution in [0.2, 0.25) is 0 Å². The van der Waals surface area contributed by atoms with Gasteiger partial charge in [0.2, 0.25) is 0 Å². The van der Waals surface area contributed by atoms with Gasteiger partial charge in [0.15, 0.2) is 0 Å². The molecular formula is C59H49N3O3. The van der Waals surface area contributed by atoms with E-state index in [0.29, 0.717) is 43.4 Å². The first-order chi connectivity index (χ1) is 32.0. The van der Waals surface area contributed by atoms with Crippen molar-refractivity contribution in [2.45, 2.75) is 18.1 Å². The van der Waals surface area contributed by atoms with Crippen LogP contribution >= 0.6 is 0 Å². The smallest absolute Gasteiger partial charge is 0.143 e. The number of ether oxygens (including phenoxy) is 3. The molecule has 6 heteroatoms. The van der Waals surface area contributed by atoms with Crippen LogP contribution in [0, 0.1) is 22.7 Å². The fourth-order valence-electron chi connectivity index (χ4n) is 8.54. The molecule has 6 nitrogen and oxygen atoms in total. The summed E-state index contributed by atoms with van der Waals surface area (Å²) in [6.07, 6.45) is 7.22. The Bertz CT molecular complexity index is 2500. The molecule has 0 N–H and O–H groups in total. The van der Waals surface area contributed by atoms with Crippen molar-refractivity contribution in [2.24, 2.45) is 0 Å². The lowest BCUT2D eigenvalue weighted by Gasteiger charge is -2.38. The SMILES string of the molecule is CC1=CC(=C(C#N)C#N)C=C(/C=C\c2ccc(N(CCOC(c3ccccc3)(c3ccccc3)c3ccccc3)CCOC(c3ccccc3)(c3ccccc3)c3ccccc3)cc2)O1. The third kappa shape index (κ3) is 9.81. The van der Waals surface area contributed by atoms with Crippen molar-refractivity contribution in [3.05, 3.63) is 286 Å². The average molecular weight is 848 g/mol. The van der Waals surface area contributed by atoms with Gasteiger partial charge in [0.1, 0.15) is 40.4 Å². The first-order valence-corrected chi connectivity index (χ1v) is 21.8. The van der Waals surface area contributed by atoms with Gasteiger partial charge in [-0.1, -0.05) is 200 Å². The normalized spacial score (nSPS) is 12.6. The molecular weight excluding hydrogens is 799 g/mol. The zero-order chi connectivity index (χ0) is 44.7. The molecule has 0 saturated carbocycles. The average Bonchev–Trinajstić information content (AvgIpc) is 3.37. The zero-order valence-electron chi connectivity index (χ0n) is 36.3. The lowest BCUT2D eigenvalue weighted by Crippen LogP contribution is -2.39. The number of allylic oxidation sites excluding steroid dienone is 6. The van der Waals surface area contributed by atoms with Crippen LogP contribution in [0.5, 0.6) is 0 Å². The van der Waals surface area contributed by atoms with Gasteiger partial charge in [0.25, 0.3) is 0 Å². The third-order valence-corrected chi connectivity index (χ3v) is 11.6. The van der Waals surface area contributed by atoms with Crippen LogP contribution in [-0.2, 0) is 25.4 Å². The summed E-state index contributed by atoms with van der Waals surface area (Å²) < 4.78 is 20.5. The zero-order valence-corrected chi connectivity index (χ0v) is 36.3. The van der Waals surface area contributed by atoms with E-state index >= 15 is 0 Å². The molecule has 1 aliphatic rings. The number of nitrogens with zero attached hydrogens (tertiary/aromatic N) is 3. The van der Waals surface area contributed by atoms with Gasteiger partial charge in [-0.05, 0) is 76.2 Å². The molecule has 8 rings (SSSR count). The fraction of sp³-hybridized carbons (Fsp3) is 0.119. The van der Waals surface area contributed by atoms with Crippen molar-refractivity contribution < 1.29 is 14.2 Å². The van der Waals surface area contributed by atoms with Gasteiger partial charge in [-0.3, -0.25) is 0 Å². The number of rotatable bonds is 17. The summed E-state index contributed by atoms with van der Waals surface area (Å²) in [5.74, 6) is 1.15. The van der Waals surface area contributed by atoms with Crippen LogP contribution in [0.15, 0.2) is 247 Å². The topological polar surface area (TPSA) is 78.5 Å². The van der Waals surface area contributed by atoms with Crippen molar-refractivity contribution in [3.63, 3.8) is 0 Å². The Labute approximate surface area is 382 Å². The number of hydrogen-bond acceptors (Lipinski definition) is 6. The van der Waals surface area contributed by atoms with Crippen LogP contribution in [-0.4, -0.2) is 26.3 Å². The van der Waals surface area contributed by atoms with Gasteiger partial charge in [0, 0.05) is 24.4 Å². The van der Waals surface area contributed by atoms with Gasteiger partial charge in [0.05, 0.1) is 13.2 Å². The Morgan fingerprint density at radius 3 is 1.18 bits per heavy atom. The molecule has 1 aliphatic heterocycles. The van der Waals surface area contributed by atoms with Crippen molar-refractivity contribution in [1.29, 1.82) is 10.5 Å². The molecule has 7 aromatic rings. The molecule has 1 heterocycles. The van der Waals surface area contributed by atoms with Gasteiger partial charge >= 0.3 is 0 Å². The molecule has 0 unspecified atom stereocenters. The first kappa shape index (κ1) is 43.6. The molecule has 0 fully saturated rings. The maximum Gasteiger partial charge on any atom is 0.143 e. The molecule has 0 aliphatic carbocycles. The summed E-state index contributed by atoms with van der Waals surface area (Å²) in [7, 11) is 0. The van der Waals surface area contributed by atoms with E-state index in [1.54, 1.807) is 19.1 Å². The third-order valence-electron chi connectivity index (χ3n) is 11.6. The highest BCUT2D eigenvalue weighted by Gasteiger charge is 2.39. The standard InChI is InChI=1S/C59H49N3O3/c1-46-42-48(49(44-60)45-61)43-57(65-46)37-34-47-32-35-56(36-33-47)62(38-40-63-58(50-20-8-2-9-21-50,51-22-10-3-11-23-51)52-24-12-4-13-25-52)39-41-64-59(53-26-14-5-15-27-53,54-28-16-6-17-29-54)55-30-18-7-19-31-55/h2-37,42-43H,38-41H2,1H3/b37-34-. The lowest BCUT2D eigenvalue weighted by molar-refractivity contribution is 0.00967. The maximum atomic E-state index is 9.46. The van der Waals surface area contributed by atoms with E-state index < -0.39 is 11.2 Å². The maximum absolute atomic E-state index is 9.46. The van der Waals surface area contributed by atoms with Gasteiger partial charge in [-0.25, -0.2) is 0 Å². The Morgan fingerprint density at radius 2 is 0.846 bits per heavy atom. The number of nitriles is 2. The molecule has 318 valence electrons. The van der Waals surface area contributed by atoms with Crippen LogP contribution in [0.3, 0.4) is 0 Å². The fourth-order valence-corrected chi connectivity index (χ4v) is 8.54. The van der Waals surface area contributed by atoms with Crippen LogP contribution in [0.1, 0.15) is 45.9 Å². The van der Waals surface area contributed by atoms with Crippen molar-refractivity contribution in [2.75, 3.05) is 31.2 Å². The molecule has 0 atom stereocenters. The number of anilines is 1. The summed E-state index contributed by atoms with van der Waals surface area (Å²) in [5, 5.41) is 18.9. The summed E-state index contributed by atoms with van der Waals surface area (Å²) in [6, 6.07) is 75.1. The van der Waals surface area contributed by atoms with Gasteiger partial charge in [-0.2, -0.15) is 10.5 Å². The van der Waals surface area contributed by atoms with Crippen molar-refractivity contribution in [1.82, 2.24) is 0 Å². The highest BCUT2D eigenvalue weighted by atomic mass is 16.5. The largest absolute Gasteiger partial charge is 0.462 e.